The van der Waals surface area contributed by atoms with Crippen LogP contribution in [0.3, 0.4) is 0 Å². The molecule has 20 heavy (non-hydrogen) atoms. The molecule has 0 radical (unpaired) electrons. The topological polar surface area (TPSA) is 38.5 Å². The number of methoxy groups -OCH3 is 1. The van der Waals surface area contributed by atoms with Gasteiger partial charge in [0.1, 0.15) is 5.75 Å². The average molecular weight is 276 g/mol. The monoisotopic (exact) mass is 276 g/mol. The van der Waals surface area contributed by atoms with E-state index in [2.05, 4.69) is 31.0 Å². The second kappa shape index (κ2) is 6.59. The number of benzene rings is 1. The molecule has 0 saturated heterocycles. The predicted octanol–water partition coefficient (Wildman–Crippen LogP) is 2.83. The SMILES string of the molecule is COc1ccc(CC(C)(CN)N(C)C2CCCC2)cc1. The molecule has 0 heterocycles. The van der Waals surface area contributed by atoms with Crippen molar-refractivity contribution in [1.29, 1.82) is 0 Å². The maximum atomic E-state index is 6.11. The molecule has 0 amide bonds. The second-order valence-corrected chi connectivity index (χ2v) is 6.28. The third kappa shape index (κ3) is 3.33. The van der Waals surface area contributed by atoms with Crippen LogP contribution in [0.1, 0.15) is 38.2 Å². The smallest absolute Gasteiger partial charge is 0.118 e. The Labute approximate surface area is 123 Å². The highest BCUT2D eigenvalue weighted by Gasteiger charge is 2.34. The molecule has 0 spiro atoms. The van der Waals surface area contributed by atoms with E-state index in [1.165, 1.54) is 31.2 Å². The Hall–Kier alpha value is -1.06. The van der Waals surface area contributed by atoms with Gasteiger partial charge in [-0.2, -0.15) is 0 Å². The summed E-state index contributed by atoms with van der Waals surface area (Å²) in [6, 6.07) is 9.05. The van der Waals surface area contributed by atoms with Gasteiger partial charge < -0.3 is 10.5 Å². The van der Waals surface area contributed by atoms with Gasteiger partial charge in [-0.25, -0.2) is 0 Å². The Morgan fingerprint density at radius 2 is 1.85 bits per heavy atom. The molecule has 2 rings (SSSR count). The van der Waals surface area contributed by atoms with E-state index in [0.717, 1.165) is 12.2 Å². The fraction of sp³-hybridized carbons (Fsp3) is 0.647. The maximum Gasteiger partial charge on any atom is 0.118 e. The third-order valence-corrected chi connectivity index (χ3v) is 4.91. The Kier molecular flexibility index (Phi) is 5.06. The number of hydrogen-bond donors (Lipinski definition) is 1. The Balaban J connectivity index is 2.08. The van der Waals surface area contributed by atoms with Crippen LogP contribution >= 0.6 is 0 Å². The predicted molar refractivity (Wildman–Crippen MR) is 84.2 cm³/mol. The first-order chi connectivity index (χ1) is 9.59. The molecule has 3 heteroatoms. The van der Waals surface area contributed by atoms with E-state index in [9.17, 15) is 0 Å². The lowest BCUT2D eigenvalue weighted by molar-refractivity contribution is 0.0943. The molecule has 0 bridgehead atoms. The van der Waals surface area contributed by atoms with Crippen molar-refractivity contribution >= 4 is 0 Å². The van der Waals surface area contributed by atoms with Crippen molar-refractivity contribution in [2.24, 2.45) is 5.73 Å². The molecular weight excluding hydrogens is 248 g/mol. The second-order valence-electron chi connectivity index (χ2n) is 6.28. The molecular formula is C17H28N2O. The molecule has 1 aliphatic rings. The van der Waals surface area contributed by atoms with Crippen molar-refractivity contribution in [2.45, 2.75) is 50.6 Å². The molecule has 0 aliphatic heterocycles. The van der Waals surface area contributed by atoms with Crippen LogP contribution in [0.5, 0.6) is 5.75 Å². The largest absolute Gasteiger partial charge is 0.497 e. The standard InChI is InChI=1S/C17H28N2O/c1-17(13-18,19(2)15-6-4-5-7-15)12-14-8-10-16(20-3)11-9-14/h8-11,15H,4-7,12-13,18H2,1-3H3. The van der Waals surface area contributed by atoms with E-state index in [1.807, 2.05) is 12.1 Å². The fourth-order valence-corrected chi connectivity index (χ4v) is 3.26. The number of ether oxygens (including phenoxy) is 1. The van der Waals surface area contributed by atoms with Crippen molar-refractivity contribution in [2.75, 3.05) is 20.7 Å². The highest BCUT2D eigenvalue weighted by Crippen LogP contribution is 2.29. The summed E-state index contributed by atoms with van der Waals surface area (Å²) >= 11 is 0. The van der Waals surface area contributed by atoms with Crippen molar-refractivity contribution in [1.82, 2.24) is 4.90 Å². The van der Waals surface area contributed by atoms with Crippen molar-refractivity contribution in [3.8, 4) is 5.75 Å². The molecule has 1 aliphatic carbocycles. The van der Waals surface area contributed by atoms with Gasteiger partial charge in [0.05, 0.1) is 7.11 Å². The van der Waals surface area contributed by atoms with Crippen LogP contribution in [0.25, 0.3) is 0 Å². The molecule has 1 fully saturated rings. The van der Waals surface area contributed by atoms with Gasteiger partial charge in [0.2, 0.25) is 0 Å². The van der Waals surface area contributed by atoms with E-state index >= 15 is 0 Å². The van der Waals surface area contributed by atoms with Crippen LogP contribution in [0.4, 0.5) is 0 Å². The number of rotatable bonds is 6. The quantitative estimate of drug-likeness (QED) is 0.868. The first-order valence-electron chi connectivity index (χ1n) is 7.65. The summed E-state index contributed by atoms with van der Waals surface area (Å²) in [5.41, 5.74) is 7.47. The summed E-state index contributed by atoms with van der Waals surface area (Å²) in [5.74, 6) is 0.910. The van der Waals surface area contributed by atoms with Gasteiger partial charge >= 0.3 is 0 Å². The van der Waals surface area contributed by atoms with E-state index in [4.69, 9.17) is 10.5 Å². The first kappa shape index (κ1) is 15.3. The summed E-state index contributed by atoms with van der Waals surface area (Å²) < 4.78 is 5.22. The van der Waals surface area contributed by atoms with Crippen LogP contribution in [0, 0.1) is 0 Å². The zero-order valence-corrected chi connectivity index (χ0v) is 13.1. The van der Waals surface area contributed by atoms with Gasteiger partial charge in [0.25, 0.3) is 0 Å². The summed E-state index contributed by atoms with van der Waals surface area (Å²) in [7, 11) is 3.94. The van der Waals surface area contributed by atoms with Gasteiger partial charge in [0, 0.05) is 18.1 Å². The number of hydrogen-bond acceptors (Lipinski definition) is 3. The minimum Gasteiger partial charge on any atom is -0.497 e. The lowest BCUT2D eigenvalue weighted by Crippen LogP contribution is -2.54. The van der Waals surface area contributed by atoms with Gasteiger partial charge in [-0.15, -0.1) is 0 Å². The molecule has 1 saturated carbocycles. The van der Waals surface area contributed by atoms with E-state index in [-0.39, 0.29) is 5.54 Å². The summed E-state index contributed by atoms with van der Waals surface area (Å²) in [6.45, 7) is 2.97. The van der Waals surface area contributed by atoms with Crippen molar-refractivity contribution < 1.29 is 4.74 Å². The van der Waals surface area contributed by atoms with Crippen LogP contribution in [-0.4, -0.2) is 37.2 Å². The van der Waals surface area contributed by atoms with Crippen LogP contribution in [0.15, 0.2) is 24.3 Å². The Bertz CT molecular complexity index is 412. The maximum absolute atomic E-state index is 6.11. The zero-order chi connectivity index (χ0) is 14.6. The highest BCUT2D eigenvalue weighted by molar-refractivity contribution is 5.28. The molecule has 112 valence electrons. The van der Waals surface area contributed by atoms with Crippen molar-refractivity contribution in [3.05, 3.63) is 29.8 Å². The number of nitrogens with two attached hydrogens (primary N) is 1. The molecule has 2 N–H and O–H groups in total. The molecule has 1 aromatic rings. The lowest BCUT2D eigenvalue weighted by atomic mass is 9.89. The third-order valence-electron chi connectivity index (χ3n) is 4.91. The van der Waals surface area contributed by atoms with Crippen LogP contribution in [-0.2, 0) is 6.42 Å². The Morgan fingerprint density at radius 1 is 1.25 bits per heavy atom. The molecule has 1 atom stereocenters. The summed E-state index contributed by atoms with van der Waals surface area (Å²) in [6.07, 6.45) is 6.33. The van der Waals surface area contributed by atoms with Gasteiger partial charge in [0.15, 0.2) is 0 Å². The van der Waals surface area contributed by atoms with E-state index < -0.39 is 0 Å². The highest BCUT2D eigenvalue weighted by atomic mass is 16.5. The van der Waals surface area contributed by atoms with Gasteiger partial charge in [-0.3, -0.25) is 4.90 Å². The zero-order valence-electron chi connectivity index (χ0n) is 13.1. The average Bonchev–Trinajstić information content (AvgIpc) is 3.01. The lowest BCUT2D eigenvalue weighted by Gasteiger charge is -2.42. The molecule has 1 unspecified atom stereocenters. The van der Waals surface area contributed by atoms with Crippen LogP contribution < -0.4 is 10.5 Å². The van der Waals surface area contributed by atoms with Crippen LogP contribution in [0.2, 0.25) is 0 Å². The number of nitrogens with zero attached hydrogens (tertiary/aromatic N) is 1. The summed E-state index contributed by atoms with van der Waals surface area (Å²) in [4.78, 5) is 2.52. The van der Waals surface area contributed by atoms with E-state index in [0.29, 0.717) is 12.6 Å². The molecule has 1 aromatic carbocycles. The normalized spacial score (nSPS) is 19.2. The minimum absolute atomic E-state index is 0.0313. The van der Waals surface area contributed by atoms with Gasteiger partial charge in [-0.1, -0.05) is 25.0 Å². The van der Waals surface area contributed by atoms with E-state index in [1.54, 1.807) is 7.11 Å². The fourth-order valence-electron chi connectivity index (χ4n) is 3.26. The van der Waals surface area contributed by atoms with Gasteiger partial charge in [-0.05, 0) is 50.9 Å². The first-order valence-corrected chi connectivity index (χ1v) is 7.65. The van der Waals surface area contributed by atoms with Crippen molar-refractivity contribution in [3.63, 3.8) is 0 Å². The minimum atomic E-state index is 0.0313. The molecule has 0 aromatic heterocycles. The Morgan fingerprint density at radius 3 is 2.35 bits per heavy atom. The number of likely N-dealkylation sites (N-methyl/N-ethyl adjacent to an activating group) is 1. The summed E-state index contributed by atoms with van der Waals surface area (Å²) in [5, 5.41) is 0. The molecule has 3 nitrogen and oxygen atoms in total.